The number of aryl methyl sites for hydroxylation is 1. The number of hydrogen-bond donors (Lipinski definition) is 1. The Hall–Kier alpha value is -1.14. The lowest BCUT2D eigenvalue weighted by molar-refractivity contribution is 0.812. The Labute approximate surface area is 94.7 Å². The van der Waals surface area contributed by atoms with Crippen LogP contribution in [0.3, 0.4) is 0 Å². The summed E-state index contributed by atoms with van der Waals surface area (Å²) in [6.45, 7) is 2.07. The number of hydrogen-bond acceptors (Lipinski definition) is 3. The van der Waals surface area contributed by atoms with Crippen molar-refractivity contribution in [1.82, 2.24) is 0 Å². The van der Waals surface area contributed by atoms with E-state index in [4.69, 9.17) is 5.26 Å². The molecule has 3 heteroatoms. The van der Waals surface area contributed by atoms with Crippen LogP contribution < -0.4 is 5.32 Å². The Morgan fingerprint density at radius 3 is 3.07 bits per heavy atom. The summed E-state index contributed by atoms with van der Waals surface area (Å²) < 4.78 is 0. The molecule has 1 saturated heterocycles. The van der Waals surface area contributed by atoms with Gasteiger partial charge in [0.05, 0.1) is 11.6 Å². The van der Waals surface area contributed by atoms with Crippen molar-refractivity contribution in [3.63, 3.8) is 0 Å². The van der Waals surface area contributed by atoms with E-state index in [1.54, 1.807) is 0 Å². The molecular formula is C12H14N2S. The molecule has 1 atom stereocenters. The first-order valence-electron chi connectivity index (χ1n) is 5.14. The molecule has 0 aromatic heterocycles. The van der Waals surface area contributed by atoms with Crippen molar-refractivity contribution in [3.8, 4) is 6.07 Å². The first-order chi connectivity index (χ1) is 7.29. The van der Waals surface area contributed by atoms with Crippen LogP contribution in [-0.2, 0) is 0 Å². The molecule has 78 valence electrons. The van der Waals surface area contributed by atoms with E-state index in [1.165, 1.54) is 23.5 Å². The number of nitrogens with zero attached hydrogens (tertiary/aromatic N) is 1. The second kappa shape index (κ2) is 4.59. The van der Waals surface area contributed by atoms with Crippen LogP contribution in [0, 0.1) is 18.3 Å². The van der Waals surface area contributed by atoms with Crippen LogP contribution in [0.25, 0.3) is 0 Å². The van der Waals surface area contributed by atoms with Crippen LogP contribution in [0.1, 0.15) is 17.5 Å². The fourth-order valence-electron chi connectivity index (χ4n) is 1.72. The normalized spacial score (nSPS) is 19.9. The molecule has 0 unspecified atom stereocenters. The average molecular weight is 218 g/mol. The summed E-state index contributed by atoms with van der Waals surface area (Å²) in [6.07, 6.45) is 1.22. The highest BCUT2D eigenvalue weighted by molar-refractivity contribution is 7.99. The molecule has 1 N–H and O–H groups in total. The van der Waals surface area contributed by atoms with Crippen LogP contribution in [0.5, 0.6) is 0 Å². The molecule has 0 amide bonds. The minimum atomic E-state index is 0.572. The molecular weight excluding hydrogens is 204 g/mol. The first kappa shape index (κ1) is 10.4. The highest BCUT2D eigenvalue weighted by Crippen LogP contribution is 2.23. The van der Waals surface area contributed by atoms with Crippen molar-refractivity contribution in [3.05, 3.63) is 29.3 Å². The molecule has 0 radical (unpaired) electrons. The van der Waals surface area contributed by atoms with E-state index >= 15 is 0 Å². The summed E-state index contributed by atoms with van der Waals surface area (Å²) in [6, 6.07) is 8.56. The topological polar surface area (TPSA) is 35.8 Å². The monoisotopic (exact) mass is 218 g/mol. The van der Waals surface area contributed by atoms with Gasteiger partial charge in [-0.15, -0.1) is 0 Å². The van der Waals surface area contributed by atoms with Crippen LogP contribution in [-0.4, -0.2) is 17.5 Å². The SMILES string of the molecule is Cc1ccc(C#N)cc1N[C@H]1CCSC1. The maximum absolute atomic E-state index is 8.83. The largest absolute Gasteiger partial charge is 0.381 e. The summed E-state index contributed by atoms with van der Waals surface area (Å²) in [5.41, 5.74) is 3.06. The van der Waals surface area contributed by atoms with Crippen molar-refractivity contribution in [2.45, 2.75) is 19.4 Å². The van der Waals surface area contributed by atoms with Gasteiger partial charge < -0.3 is 5.32 Å². The third kappa shape index (κ3) is 2.45. The molecule has 15 heavy (non-hydrogen) atoms. The van der Waals surface area contributed by atoms with E-state index in [1.807, 2.05) is 30.0 Å². The Kier molecular flexibility index (Phi) is 3.17. The van der Waals surface area contributed by atoms with Crippen molar-refractivity contribution in [1.29, 1.82) is 5.26 Å². The standard InChI is InChI=1S/C12H14N2S/c1-9-2-3-10(7-13)6-12(9)14-11-4-5-15-8-11/h2-3,6,11,14H,4-5,8H2,1H3/t11-/m0/s1. The predicted molar refractivity (Wildman–Crippen MR) is 65.2 cm³/mol. The molecule has 1 aliphatic rings. The van der Waals surface area contributed by atoms with E-state index in [2.05, 4.69) is 18.3 Å². The summed E-state index contributed by atoms with van der Waals surface area (Å²) >= 11 is 1.99. The van der Waals surface area contributed by atoms with Gasteiger partial charge in [0.15, 0.2) is 0 Å². The number of rotatable bonds is 2. The number of thioether (sulfide) groups is 1. The minimum absolute atomic E-state index is 0.572. The molecule has 2 nitrogen and oxygen atoms in total. The number of nitriles is 1. The fourth-order valence-corrected chi connectivity index (χ4v) is 2.87. The third-order valence-corrected chi connectivity index (χ3v) is 3.82. The zero-order valence-corrected chi connectivity index (χ0v) is 9.60. The summed E-state index contributed by atoms with van der Waals surface area (Å²) in [7, 11) is 0. The average Bonchev–Trinajstić information content (AvgIpc) is 2.74. The van der Waals surface area contributed by atoms with Gasteiger partial charge in [-0.2, -0.15) is 17.0 Å². The summed E-state index contributed by atoms with van der Waals surface area (Å²) in [5.74, 6) is 2.42. The number of nitrogens with one attached hydrogen (secondary N) is 1. The Bertz CT molecular complexity index is 389. The van der Waals surface area contributed by atoms with Gasteiger partial charge in [0.25, 0.3) is 0 Å². The summed E-state index contributed by atoms with van der Waals surface area (Å²) in [5, 5.41) is 12.3. The van der Waals surface area contributed by atoms with Crippen molar-refractivity contribution in [2.75, 3.05) is 16.8 Å². The molecule has 1 aromatic rings. The van der Waals surface area contributed by atoms with E-state index in [-0.39, 0.29) is 0 Å². The molecule has 0 aliphatic carbocycles. The summed E-state index contributed by atoms with van der Waals surface area (Å²) in [4.78, 5) is 0. The second-order valence-corrected chi connectivity index (χ2v) is 5.00. The van der Waals surface area contributed by atoms with Crippen molar-refractivity contribution < 1.29 is 0 Å². The van der Waals surface area contributed by atoms with Crippen LogP contribution in [0.15, 0.2) is 18.2 Å². The molecule has 1 aliphatic heterocycles. The van der Waals surface area contributed by atoms with Crippen LogP contribution >= 0.6 is 11.8 Å². The Balaban J connectivity index is 2.15. The van der Waals surface area contributed by atoms with Gasteiger partial charge in [0.2, 0.25) is 0 Å². The van der Waals surface area contributed by atoms with E-state index < -0.39 is 0 Å². The third-order valence-electron chi connectivity index (χ3n) is 2.66. The van der Waals surface area contributed by atoms with Gasteiger partial charge >= 0.3 is 0 Å². The first-order valence-corrected chi connectivity index (χ1v) is 6.30. The molecule has 1 aromatic carbocycles. The molecule has 1 heterocycles. The Morgan fingerprint density at radius 1 is 1.53 bits per heavy atom. The highest BCUT2D eigenvalue weighted by Gasteiger charge is 2.15. The fraction of sp³-hybridized carbons (Fsp3) is 0.417. The second-order valence-electron chi connectivity index (χ2n) is 3.85. The lowest BCUT2D eigenvalue weighted by atomic mass is 10.1. The number of benzene rings is 1. The van der Waals surface area contributed by atoms with Gasteiger partial charge in [-0.05, 0) is 36.8 Å². The zero-order chi connectivity index (χ0) is 10.7. The van der Waals surface area contributed by atoms with Gasteiger partial charge in [-0.3, -0.25) is 0 Å². The maximum atomic E-state index is 8.83. The number of anilines is 1. The van der Waals surface area contributed by atoms with E-state index in [9.17, 15) is 0 Å². The van der Waals surface area contributed by atoms with Crippen LogP contribution in [0.4, 0.5) is 5.69 Å². The molecule has 0 bridgehead atoms. The highest BCUT2D eigenvalue weighted by atomic mass is 32.2. The molecule has 0 saturated carbocycles. The van der Waals surface area contributed by atoms with Crippen molar-refractivity contribution >= 4 is 17.4 Å². The quantitative estimate of drug-likeness (QED) is 0.829. The van der Waals surface area contributed by atoms with Gasteiger partial charge in [0, 0.05) is 17.5 Å². The molecule has 2 rings (SSSR count). The Morgan fingerprint density at radius 2 is 2.40 bits per heavy atom. The molecule has 1 fully saturated rings. The van der Waals surface area contributed by atoms with Gasteiger partial charge in [-0.25, -0.2) is 0 Å². The smallest absolute Gasteiger partial charge is 0.0992 e. The predicted octanol–water partition coefficient (Wildman–Crippen LogP) is 2.78. The lowest BCUT2D eigenvalue weighted by Crippen LogP contribution is -2.18. The van der Waals surface area contributed by atoms with E-state index in [0.29, 0.717) is 6.04 Å². The maximum Gasteiger partial charge on any atom is 0.0992 e. The van der Waals surface area contributed by atoms with Crippen LogP contribution in [0.2, 0.25) is 0 Å². The van der Waals surface area contributed by atoms with Gasteiger partial charge in [-0.1, -0.05) is 6.07 Å². The minimum Gasteiger partial charge on any atom is -0.381 e. The van der Waals surface area contributed by atoms with E-state index in [0.717, 1.165) is 11.3 Å². The van der Waals surface area contributed by atoms with Crippen molar-refractivity contribution in [2.24, 2.45) is 0 Å². The molecule has 0 spiro atoms. The van der Waals surface area contributed by atoms with Gasteiger partial charge in [0.1, 0.15) is 0 Å². The zero-order valence-electron chi connectivity index (χ0n) is 8.79. The lowest BCUT2D eigenvalue weighted by Gasteiger charge is -2.15.